The molecule has 6 nitrogen and oxygen atoms in total. The van der Waals surface area contributed by atoms with Gasteiger partial charge in [-0.3, -0.25) is 4.79 Å². The fourth-order valence-electron chi connectivity index (χ4n) is 2.54. The summed E-state index contributed by atoms with van der Waals surface area (Å²) in [6.45, 7) is 2.45. The summed E-state index contributed by atoms with van der Waals surface area (Å²) in [5, 5.41) is 0. The second kappa shape index (κ2) is 8.33. The van der Waals surface area contributed by atoms with Gasteiger partial charge in [0.2, 0.25) is 10.0 Å². The molecule has 2 aromatic rings. The summed E-state index contributed by atoms with van der Waals surface area (Å²) < 4.78 is 26.7. The molecule has 0 aliphatic heterocycles. The maximum atomic E-state index is 12.7. The van der Waals surface area contributed by atoms with Crippen molar-refractivity contribution in [3.63, 3.8) is 0 Å². The highest BCUT2D eigenvalue weighted by Gasteiger charge is 2.17. The molecule has 0 aliphatic rings. The summed E-state index contributed by atoms with van der Waals surface area (Å²) >= 11 is 0. The number of carbonyl (C=O) groups is 1. The van der Waals surface area contributed by atoms with Crippen molar-refractivity contribution in [3.05, 3.63) is 59.7 Å². The molecule has 0 fully saturated rings. The molecule has 26 heavy (non-hydrogen) atoms. The van der Waals surface area contributed by atoms with E-state index in [0.29, 0.717) is 18.7 Å². The zero-order valence-corrected chi connectivity index (χ0v) is 16.4. The van der Waals surface area contributed by atoms with E-state index < -0.39 is 10.0 Å². The minimum Gasteiger partial charge on any atom is -0.378 e. The molecule has 2 aromatic carbocycles. The molecule has 0 bridgehead atoms. The Morgan fingerprint density at radius 1 is 1.04 bits per heavy atom. The predicted molar refractivity (Wildman–Crippen MR) is 104 cm³/mol. The fourth-order valence-corrected chi connectivity index (χ4v) is 3.62. The fraction of sp³-hybridized carbons (Fsp3) is 0.316. The first-order chi connectivity index (χ1) is 12.2. The Balaban J connectivity index is 2.15. The van der Waals surface area contributed by atoms with Crippen molar-refractivity contribution in [3.8, 4) is 0 Å². The van der Waals surface area contributed by atoms with Gasteiger partial charge >= 0.3 is 0 Å². The van der Waals surface area contributed by atoms with E-state index >= 15 is 0 Å². The molecule has 1 N–H and O–H groups in total. The topological polar surface area (TPSA) is 69.7 Å². The number of hydrogen-bond donors (Lipinski definition) is 1. The molecule has 0 aromatic heterocycles. The lowest BCUT2D eigenvalue weighted by molar-refractivity contribution is 0.0785. The van der Waals surface area contributed by atoms with Crippen LogP contribution in [0.2, 0.25) is 0 Å². The van der Waals surface area contributed by atoms with Crippen LogP contribution in [0.1, 0.15) is 22.8 Å². The van der Waals surface area contributed by atoms with Gasteiger partial charge in [-0.2, -0.15) is 0 Å². The molecule has 1 amide bonds. The van der Waals surface area contributed by atoms with Crippen LogP contribution in [-0.2, 0) is 16.6 Å². The average molecular weight is 375 g/mol. The van der Waals surface area contributed by atoms with Crippen molar-refractivity contribution in [1.29, 1.82) is 0 Å². The third-order valence-corrected chi connectivity index (χ3v) is 5.49. The van der Waals surface area contributed by atoms with Crippen LogP contribution in [0, 0.1) is 0 Å². The van der Waals surface area contributed by atoms with Gasteiger partial charge in [-0.15, -0.1) is 0 Å². The van der Waals surface area contributed by atoms with Crippen molar-refractivity contribution in [1.82, 2.24) is 9.62 Å². The van der Waals surface area contributed by atoms with E-state index in [1.807, 2.05) is 43.3 Å². The van der Waals surface area contributed by atoms with Gasteiger partial charge in [0.05, 0.1) is 4.90 Å². The summed E-state index contributed by atoms with van der Waals surface area (Å²) in [6, 6.07) is 14.0. The molecular formula is C19H25N3O3S. The second-order valence-electron chi connectivity index (χ2n) is 6.25. The van der Waals surface area contributed by atoms with Gasteiger partial charge in [-0.05, 0) is 35.9 Å². The zero-order chi connectivity index (χ0) is 19.3. The third kappa shape index (κ3) is 4.83. The van der Waals surface area contributed by atoms with E-state index in [0.717, 1.165) is 11.3 Å². The maximum absolute atomic E-state index is 12.7. The standard InChI is InChI=1S/C19H25N3O3S/c1-5-20-26(24,25)18-8-6-7-16(13-18)19(23)22(4)14-15-9-11-17(12-10-15)21(2)3/h6-13,20H,5,14H2,1-4H3. The Labute approximate surface area is 155 Å². The summed E-state index contributed by atoms with van der Waals surface area (Å²) in [6.07, 6.45) is 0. The first kappa shape index (κ1) is 19.9. The van der Waals surface area contributed by atoms with Crippen molar-refractivity contribution in [2.24, 2.45) is 0 Å². The van der Waals surface area contributed by atoms with Gasteiger partial charge in [0, 0.05) is 45.5 Å². The molecule has 0 spiro atoms. The van der Waals surface area contributed by atoms with Crippen LogP contribution in [-0.4, -0.2) is 46.9 Å². The van der Waals surface area contributed by atoms with Gasteiger partial charge < -0.3 is 9.80 Å². The first-order valence-electron chi connectivity index (χ1n) is 8.36. The summed E-state index contributed by atoms with van der Waals surface area (Å²) in [5.74, 6) is -0.227. The van der Waals surface area contributed by atoms with Gasteiger partial charge in [-0.1, -0.05) is 25.1 Å². The SMILES string of the molecule is CCNS(=O)(=O)c1cccc(C(=O)N(C)Cc2ccc(N(C)C)cc2)c1. The quantitative estimate of drug-likeness (QED) is 0.806. The van der Waals surface area contributed by atoms with Crippen LogP contribution in [0.25, 0.3) is 0 Å². The summed E-state index contributed by atoms with van der Waals surface area (Å²) in [4.78, 5) is 16.3. The Morgan fingerprint density at radius 3 is 2.27 bits per heavy atom. The van der Waals surface area contributed by atoms with Crippen LogP contribution >= 0.6 is 0 Å². The molecule has 0 saturated heterocycles. The number of benzene rings is 2. The van der Waals surface area contributed by atoms with Crippen LogP contribution < -0.4 is 9.62 Å². The smallest absolute Gasteiger partial charge is 0.253 e. The van der Waals surface area contributed by atoms with Crippen LogP contribution in [0.5, 0.6) is 0 Å². The number of hydrogen-bond acceptors (Lipinski definition) is 4. The minimum atomic E-state index is -3.59. The van der Waals surface area contributed by atoms with Crippen molar-refractivity contribution in [2.75, 3.05) is 32.6 Å². The molecule has 0 heterocycles. The summed E-state index contributed by atoms with van der Waals surface area (Å²) in [7, 11) is 2.06. The van der Waals surface area contributed by atoms with Crippen LogP contribution in [0.15, 0.2) is 53.4 Å². The Hall–Kier alpha value is -2.38. The number of amides is 1. The van der Waals surface area contributed by atoms with E-state index in [1.165, 1.54) is 12.1 Å². The first-order valence-corrected chi connectivity index (χ1v) is 9.84. The average Bonchev–Trinajstić information content (AvgIpc) is 2.61. The van der Waals surface area contributed by atoms with E-state index in [-0.39, 0.29) is 10.8 Å². The van der Waals surface area contributed by atoms with Crippen LogP contribution in [0.3, 0.4) is 0 Å². The molecule has 0 atom stereocenters. The van der Waals surface area contributed by atoms with Crippen LogP contribution in [0.4, 0.5) is 5.69 Å². The normalized spacial score (nSPS) is 11.2. The highest BCUT2D eigenvalue weighted by molar-refractivity contribution is 7.89. The molecule has 140 valence electrons. The van der Waals surface area contributed by atoms with Gasteiger partial charge in [0.25, 0.3) is 5.91 Å². The molecule has 2 rings (SSSR count). The Bertz CT molecular complexity index is 862. The lowest BCUT2D eigenvalue weighted by atomic mass is 10.1. The highest BCUT2D eigenvalue weighted by atomic mass is 32.2. The number of sulfonamides is 1. The molecule has 0 saturated carbocycles. The molecule has 0 radical (unpaired) electrons. The second-order valence-corrected chi connectivity index (χ2v) is 8.02. The molecular weight excluding hydrogens is 350 g/mol. The number of nitrogens with one attached hydrogen (secondary N) is 1. The monoisotopic (exact) mass is 375 g/mol. The Kier molecular flexibility index (Phi) is 6.39. The molecule has 0 aliphatic carbocycles. The number of anilines is 1. The lowest BCUT2D eigenvalue weighted by Gasteiger charge is -2.19. The highest BCUT2D eigenvalue weighted by Crippen LogP contribution is 2.16. The van der Waals surface area contributed by atoms with Gasteiger partial charge in [0.15, 0.2) is 0 Å². The Morgan fingerprint density at radius 2 is 1.69 bits per heavy atom. The predicted octanol–water partition coefficient (Wildman–Crippen LogP) is 2.32. The largest absolute Gasteiger partial charge is 0.378 e. The third-order valence-electron chi connectivity index (χ3n) is 3.94. The van der Waals surface area contributed by atoms with Crippen molar-refractivity contribution >= 4 is 21.6 Å². The van der Waals surface area contributed by atoms with Gasteiger partial charge in [0.1, 0.15) is 0 Å². The maximum Gasteiger partial charge on any atom is 0.253 e. The van der Waals surface area contributed by atoms with Gasteiger partial charge in [-0.25, -0.2) is 13.1 Å². The number of rotatable bonds is 7. The number of nitrogens with zero attached hydrogens (tertiary/aromatic N) is 2. The number of carbonyl (C=O) groups excluding carboxylic acids is 1. The summed E-state index contributed by atoms with van der Waals surface area (Å²) in [5.41, 5.74) is 2.43. The van der Waals surface area contributed by atoms with E-state index in [1.54, 1.807) is 31.0 Å². The van der Waals surface area contributed by atoms with E-state index in [2.05, 4.69) is 4.72 Å². The van der Waals surface area contributed by atoms with E-state index in [4.69, 9.17) is 0 Å². The van der Waals surface area contributed by atoms with E-state index in [9.17, 15) is 13.2 Å². The van der Waals surface area contributed by atoms with Crippen molar-refractivity contribution < 1.29 is 13.2 Å². The molecule has 0 unspecified atom stereocenters. The van der Waals surface area contributed by atoms with Crippen molar-refractivity contribution in [2.45, 2.75) is 18.4 Å². The lowest BCUT2D eigenvalue weighted by Crippen LogP contribution is -2.27. The minimum absolute atomic E-state index is 0.0916. The zero-order valence-electron chi connectivity index (χ0n) is 15.6. The molecule has 7 heteroatoms.